The lowest BCUT2D eigenvalue weighted by atomic mass is 10.2. The van der Waals surface area contributed by atoms with E-state index in [0.717, 1.165) is 11.3 Å². The number of nitrogens with zero attached hydrogens (tertiary/aromatic N) is 4. The number of tetrazole rings is 1. The molecule has 1 aromatic carbocycles. The Bertz CT molecular complexity index is 438. The fraction of sp³-hybridized carbons (Fsp3) is 0.222. The summed E-state index contributed by atoms with van der Waals surface area (Å²) >= 11 is 0. The van der Waals surface area contributed by atoms with E-state index in [-0.39, 0.29) is 0 Å². The van der Waals surface area contributed by atoms with Gasteiger partial charge in [-0.2, -0.15) is 4.80 Å². The molecule has 2 aromatic rings. The molecular formula is C9H10N4O. The molecule has 0 aliphatic heterocycles. The van der Waals surface area contributed by atoms with E-state index in [0.29, 0.717) is 5.82 Å². The minimum atomic E-state index is 0.603. The minimum Gasteiger partial charge on any atom is -0.497 e. The number of aromatic nitrogens is 4. The quantitative estimate of drug-likeness (QED) is 0.705. The molecule has 0 saturated heterocycles. The largest absolute Gasteiger partial charge is 0.497 e. The van der Waals surface area contributed by atoms with E-state index in [4.69, 9.17) is 4.74 Å². The molecule has 0 aliphatic carbocycles. The number of hydrogen-bond acceptors (Lipinski definition) is 4. The predicted molar refractivity (Wildman–Crippen MR) is 50.8 cm³/mol. The first-order valence-electron chi connectivity index (χ1n) is 4.18. The Kier molecular flexibility index (Phi) is 2.14. The van der Waals surface area contributed by atoms with Gasteiger partial charge in [-0.1, -0.05) is 12.1 Å². The normalized spacial score (nSPS) is 10.1. The van der Waals surface area contributed by atoms with Crippen molar-refractivity contribution in [2.24, 2.45) is 7.05 Å². The zero-order chi connectivity index (χ0) is 9.97. The molecule has 0 unspecified atom stereocenters. The van der Waals surface area contributed by atoms with Crippen molar-refractivity contribution >= 4 is 0 Å². The van der Waals surface area contributed by atoms with Crippen LogP contribution < -0.4 is 4.74 Å². The summed E-state index contributed by atoms with van der Waals surface area (Å²) in [4.78, 5) is 1.43. The molecule has 0 radical (unpaired) electrons. The van der Waals surface area contributed by atoms with Crippen molar-refractivity contribution in [3.05, 3.63) is 24.3 Å². The van der Waals surface area contributed by atoms with Crippen molar-refractivity contribution in [3.8, 4) is 17.1 Å². The molecule has 0 atom stereocenters. The molecule has 0 amide bonds. The summed E-state index contributed by atoms with van der Waals surface area (Å²) in [5, 5.41) is 11.8. The fourth-order valence-corrected chi connectivity index (χ4v) is 1.16. The van der Waals surface area contributed by atoms with Gasteiger partial charge in [-0.3, -0.25) is 0 Å². The third kappa shape index (κ3) is 1.56. The second-order valence-corrected chi connectivity index (χ2v) is 2.83. The Morgan fingerprint density at radius 1 is 1.36 bits per heavy atom. The number of hydrogen-bond donors (Lipinski definition) is 0. The Morgan fingerprint density at radius 2 is 2.21 bits per heavy atom. The standard InChI is InChI=1S/C9H10N4O/c1-13-11-9(10-12-13)7-4-3-5-8(6-7)14-2/h3-6H,1-2H3. The predicted octanol–water partition coefficient (Wildman–Crippen LogP) is 0.886. The number of benzene rings is 1. The SMILES string of the molecule is COc1cccc(-c2nnn(C)n2)c1. The monoisotopic (exact) mass is 190 g/mol. The van der Waals surface area contributed by atoms with Gasteiger partial charge in [-0.05, 0) is 17.3 Å². The second-order valence-electron chi connectivity index (χ2n) is 2.83. The number of methoxy groups -OCH3 is 1. The van der Waals surface area contributed by atoms with Crippen LogP contribution >= 0.6 is 0 Å². The molecule has 0 spiro atoms. The Balaban J connectivity index is 2.41. The first kappa shape index (κ1) is 8.68. The lowest BCUT2D eigenvalue weighted by Crippen LogP contribution is -1.92. The molecule has 72 valence electrons. The molecule has 0 N–H and O–H groups in total. The number of aryl methyl sites for hydroxylation is 1. The van der Waals surface area contributed by atoms with Gasteiger partial charge in [0.05, 0.1) is 14.2 Å². The molecule has 2 rings (SSSR count). The first-order valence-corrected chi connectivity index (χ1v) is 4.18. The van der Waals surface area contributed by atoms with Gasteiger partial charge in [0.15, 0.2) is 0 Å². The van der Waals surface area contributed by atoms with Gasteiger partial charge in [0.25, 0.3) is 0 Å². The van der Waals surface area contributed by atoms with Crippen molar-refractivity contribution in [1.82, 2.24) is 20.2 Å². The summed E-state index contributed by atoms with van der Waals surface area (Å²) in [7, 11) is 3.36. The summed E-state index contributed by atoms with van der Waals surface area (Å²) in [5.74, 6) is 1.39. The van der Waals surface area contributed by atoms with E-state index < -0.39 is 0 Å². The van der Waals surface area contributed by atoms with Crippen molar-refractivity contribution in [1.29, 1.82) is 0 Å². The Morgan fingerprint density at radius 3 is 2.86 bits per heavy atom. The molecule has 0 bridgehead atoms. The van der Waals surface area contributed by atoms with Crippen LogP contribution in [0, 0.1) is 0 Å². The van der Waals surface area contributed by atoms with Gasteiger partial charge >= 0.3 is 0 Å². The van der Waals surface area contributed by atoms with E-state index in [1.165, 1.54) is 4.80 Å². The third-order valence-corrected chi connectivity index (χ3v) is 1.84. The Hall–Kier alpha value is -1.91. The maximum absolute atomic E-state index is 5.10. The van der Waals surface area contributed by atoms with E-state index in [2.05, 4.69) is 15.4 Å². The van der Waals surface area contributed by atoms with Gasteiger partial charge in [0, 0.05) is 5.56 Å². The molecule has 1 heterocycles. The maximum Gasteiger partial charge on any atom is 0.205 e. The van der Waals surface area contributed by atoms with Crippen molar-refractivity contribution < 1.29 is 4.74 Å². The van der Waals surface area contributed by atoms with Crippen molar-refractivity contribution in [3.63, 3.8) is 0 Å². The fourth-order valence-electron chi connectivity index (χ4n) is 1.16. The third-order valence-electron chi connectivity index (χ3n) is 1.84. The zero-order valence-electron chi connectivity index (χ0n) is 8.01. The average molecular weight is 190 g/mol. The van der Waals surface area contributed by atoms with Crippen LogP contribution in [0.4, 0.5) is 0 Å². The van der Waals surface area contributed by atoms with Gasteiger partial charge in [-0.15, -0.1) is 10.2 Å². The summed E-state index contributed by atoms with van der Waals surface area (Å²) in [5.41, 5.74) is 0.900. The molecule has 0 fully saturated rings. The molecular weight excluding hydrogens is 180 g/mol. The highest BCUT2D eigenvalue weighted by Gasteiger charge is 2.04. The average Bonchev–Trinajstić information content (AvgIpc) is 2.65. The zero-order valence-corrected chi connectivity index (χ0v) is 8.01. The highest BCUT2D eigenvalue weighted by molar-refractivity contribution is 5.56. The van der Waals surface area contributed by atoms with Crippen LogP contribution in [-0.2, 0) is 7.05 Å². The lowest BCUT2D eigenvalue weighted by Gasteiger charge is -1.99. The van der Waals surface area contributed by atoms with E-state index in [9.17, 15) is 0 Å². The molecule has 5 nitrogen and oxygen atoms in total. The lowest BCUT2D eigenvalue weighted by molar-refractivity contribution is 0.415. The molecule has 0 aliphatic rings. The van der Waals surface area contributed by atoms with Gasteiger partial charge < -0.3 is 4.74 Å². The summed E-state index contributed by atoms with van der Waals surface area (Å²) < 4.78 is 5.10. The molecule has 14 heavy (non-hydrogen) atoms. The maximum atomic E-state index is 5.10. The van der Waals surface area contributed by atoms with Crippen LogP contribution in [0.2, 0.25) is 0 Å². The second kappa shape index (κ2) is 3.45. The summed E-state index contributed by atoms with van der Waals surface area (Å²) in [6.45, 7) is 0. The van der Waals surface area contributed by atoms with E-state index >= 15 is 0 Å². The van der Waals surface area contributed by atoms with Gasteiger partial charge in [-0.25, -0.2) is 0 Å². The van der Waals surface area contributed by atoms with E-state index in [1.54, 1.807) is 14.2 Å². The number of ether oxygens (including phenoxy) is 1. The van der Waals surface area contributed by atoms with Crippen LogP contribution in [0.5, 0.6) is 5.75 Å². The Labute approximate surface area is 81.3 Å². The minimum absolute atomic E-state index is 0.603. The van der Waals surface area contributed by atoms with Crippen LogP contribution in [0.15, 0.2) is 24.3 Å². The van der Waals surface area contributed by atoms with Gasteiger partial charge in [0.1, 0.15) is 5.75 Å². The van der Waals surface area contributed by atoms with Crippen LogP contribution in [0.25, 0.3) is 11.4 Å². The van der Waals surface area contributed by atoms with Crippen molar-refractivity contribution in [2.75, 3.05) is 7.11 Å². The first-order chi connectivity index (χ1) is 6.79. The highest BCUT2D eigenvalue weighted by atomic mass is 16.5. The van der Waals surface area contributed by atoms with Gasteiger partial charge in [0.2, 0.25) is 5.82 Å². The highest BCUT2D eigenvalue weighted by Crippen LogP contribution is 2.19. The van der Waals surface area contributed by atoms with Crippen LogP contribution in [-0.4, -0.2) is 27.3 Å². The van der Waals surface area contributed by atoms with Crippen molar-refractivity contribution in [2.45, 2.75) is 0 Å². The summed E-state index contributed by atoms with van der Waals surface area (Å²) in [6, 6.07) is 7.56. The van der Waals surface area contributed by atoms with Crippen LogP contribution in [0.1, 0.15) is 0 Å². The molecule has 1 aromatic heterocycles. The molecule has 0 saturated carbocycles. The topological polar surface area (TPSA) is 52.8 Å². The summed E-state index contributed by atoms with van der Waals surface area (Å²) in [6.07, 6.45) is 0. The van der Waals surface area contributed by atoms with Crippen LogP contribution in [0.3, 0.4) is 0 Å². The number of rotatable bonds is 2. The molecule has 5 heteroatoms. The smallest absolute Gasteiger partial charge is 0.205 e. The van der Waals surface area contributed by atoms with E-state index in [1.807, 2.05) is 24.3 Å².